The third kappa shape index (κ3) is 2.77. The summed E-state index contributed by atoms with van der Waals surface area (Å²) in [5.74, 6) is 1.42. The summed E-state index contributed by atoms with van der Waals surface area (Å²) >= 11 is 1.91. The van der Waals surface area contributed by atoms with Gasteiger partial charge in [-0.15, -0.1) is 0 Å². The number of rotatable bonds is 1. The number of aliphatic hydroxyl groups excluding tert-OH is 1. The molecule has 1 spiro atoms. The molecule has 2 saturated heterocycles. The number of hydrogen-bond acceptors (Lipinski definition) is 4. The molecular formula is C13H23NO3S. The van der Waals surface area contributed by atoms with E-state index in [1.165, 1.54) is 0 Å². The van der Waals surface area contributed by atoms with Crippen molar-refractivity contribution in [2.24, 2.45) is 5.92 Å². The molecule has 1 amide bonds. The average molecular weight is 273 g/mol. The van der Waals surface area contributed by atoms with Gasteiger partial charge in [0, 0.05) is 24.4 Å². The first kappa shape index (κ1) is 14.0. The molecule has 0 radical (unpaired) electrons. The summed E-state index contributed by atoms with van der Waals surface area (Å²) in [5.41, 5.74) is -0.438. The molecule has 0 aromatic heterocycles. The highest BCUT2D eigenvalue weighted by Crippen LogP contribution is 2.48. The van der Waals surface area contributed by atoms with Crippen LogP contribution in [-0.2, 0) is 4.74 Å². The molecule has 5 heteroatoms. The molecule has 0 aliphatic carbocycles. The van der Waals surface area contributed by atoms with Gasteiger partial charge in [-0.25, -0.2) is 4.79 Å². The highest BCUT2D eigenvalue weighted by Gasteiger charge is 2.49. The fraction of sp³-hybridized carbons (Fsp3) is 0.923. The van der Waals surface area contributed by atoms with E-state index < -0.39 is 5.60 Å². The molecule has 0 saturated carbocycles. The molecule has 1 N–H and O–H groups in total. The van der Waals surface area contributed by atoms with E-state index in [1.807, 2.05) is 32.5 Å². The van der Waals surface area contributed by atoms with Crippen LogP contribution in [0.15, 0.2) is 0 Å². The number of amides is 1. The molecule has 2 fully saturated rings. The van der Waals surface area contributed by atoms with Crippen LogP contribution >= 0.6 is 11.8 Å². The first-order valence-electron chi connectivity index (χ1n) is 6.59. The van der Waals surface area contributed by atoms with E-state index in [2.05, 4.69) is 0 Å². The van der Waals surface area contributed by atoms with Gasteiger partial charge in [0.05, 0.1) is 0 Å². The summed E-state index contributed by atoms with van der Waals surface area (Å²) in [4.78, 5) is 13.8. The Kier molecular flexibility index (Phi) is 3.83. The Morgan fingerprint density at radius 3 is 2.89 bits per heavy atom. The smallest absolute Gasteiger partial charge is 0.410 e. The maximum Gasteiger partial charge on any atom is 0.410 e. The van der Waals surface area contributed by atoms with E-state index >= 15 is 0 Å². The normalized spacial score (nSPS) is 32.2. The summed E-state index contributed by atoms with van der Waals surface area (Å²) in [6.07, 6.45) is 1.81. The minimum Gasteiger partial charge on any atom is -0.444 e. The fourth-order valence-electron chi connectivity index (χ4n) is 2.78. The molecule has 0 unspecified atom stereocenters. The van der Waals surface area contributed by atoms with Crippen molar-refractivity contribution in [2.45, 2.75) is 44.0 Å². The van der Waals surface area contributed by atoms with Crippen molar-refractivity contribution in [3.05, 3.63) is 0 Å². The summed E-state index contributed by atoms with van der Waals surface area (Å²) in [5, 5.41) is 9.45. The molecule has 2 aliphatic heterocycles. The van der Waals surface area contributed by atoms with Crippen LogP contribution < -0.4 is 0 Å². The van der Waals surface area contributed by atoms with Crippen molar-refractivity contribution >= 4 is 17.9 Å². The van der Waals surface area contributed by atoms with Gasteiger partial charge >= 0.3 is 6.09 Å². The molecule has 2 aliphatic rings. The Labute approximate surface area is 113 Å². The molecule has 2 atom stereocenters. The van der Waals surface area contributed by atoms with E-state index in [1.54, 1.807) is 4.90 Å². The predicted octanol–water partition coefficient (Wildman–Crippen LogP) is 2.11. The zero-order valence-corrected chi connectivity index (χ0v) is 12.3. The van der Waals surface area contributed by atoms with Gasteiger partial charge in [0.1, 0.15) is 5.60 Å². The molecule has 18 heavy (non-hydrogen) atoms. The van der Waals surface area contributed by atoms with E-state index in [9.17, 15) is 9.90 Å². The lowest BCUT2D eigenvalue weighted by molar-refractivity contribution is 0.0285. The second kappa shape index (κ2) is 4.93. The van der Waals surface area contributed by atoms with Crippen molar-refractivity contribution < 1.29 is 14.6 Å². The molecule has 2 heterocycles. The summed E-state index contributed by atoms with van der Waals surface area (Å²) in [7, 11) is 0. The van der Waals surface area contributed by atoms with Gasteiger partial charge in [0.15, 0.2) is 0 Å². The Bertz CT molecular complexity index is 329. The van der Waals surface area contributed by atoms with Crippen LogP contribution in [0.25, 0.3) is 0 Å². The second-order valence-electron chi connectivity index (χ2n) is 6.23. The lowest BCUT2D eigenvalue weighted by Gasteiger charge is -2.30. The Hall–Kier alpha value is -0.420. The number of ether oxygens (including phenoxy) is 1. The van der Waals surface area contributed by atoms with E-state index in [0.717, 1.165) is 31.7 Å². The fourth-order valence-corrected chi connectivity index (χ4v) is 4.50. The van der Waals surface area contributed by atoms with Crippen LogP contribution in [0.4, 0.5) is 4.79 Å². The van der Waals surface area contributed by atoms with Crippen LogP contribution in [0.1, 0.15) is 33.6 Å². The average Bonchev–Trinajstić information content (AvgIpc) is 2.84. The quantitative estimate of drug-likeness (QED) is 0.795. The van der Waals surface area contributed by atoms with Gasteiger partial charge in [0.25, 0.3) is 0 Å². The van der Waals surface area contributed by atoms with Crippen molar-refractivity contribution in [1.82, 2.24) is 4.90 Å². The van der Waals surface area contributed by atoms with E-state index in [0.29, 0.717) is 5.92 Å². The summed E-state index contributed by atoms with van der Waals surface area (Å²) in [6.45, 7) is 7.36. The van der Waals surface area contributed by atoms with Gasteiger partial charge in [0.2, 0.25) is 0 Å². The van der Waals surface area contributed by atoms with Gasteiger partial charge in [-0.3, -0.25) is 0 Å². The van der Waals surface area contributed by atoms with Gasteiger partial charge in [-0.2, -0.15) is 11.8 Å². The van der Waals surface area contributed by atoms with Crippen LogP contribution in [0.3, 0.4) is 0 Å². The lowest BCUT2D eigenvalue weighted by atomic mass is 9.89. The molecule has 0 aromatic carbocycles. The number of hydrogen-bond donors (Lipinski definition) is 1. The SMILES string of the molecule is CC(C)(C)OC(=O)N1CC[C@@]2(C1)SCC[C@@H]2CO. The monoisotopic (exact) mass is 273 g/mol. The van der Waals surface area contributed by atoms with Crippen LogP contribution in [0.2, 0.25) is 0 Å². The molecule has 104 valence electrons. The Morgan fingerprint density at radius 2 is 2.28 bits per heavy atom. The number of likely N-dealkylation sites (tertiary alicyclic amines) is 1. The van der Waals surface area contributed by atoms with Gasteiger partial charge in [-0.1, -0.05) is 0 Å². The number of carbonyl (C=O) groups is 1. The molecular weight excluding hydrogens is 250 g/mol. The molecule has 2 rings (SSSR count). The number of nitrogens with zero attached hydrogens (tertiary/aromatic N) is 1. The number of carbonyl (C=O) groups excluding carboxylic acids is 1. The van der Waals surface area contributed by atoms with Crippen LogP contribution in [0, 0.1) is 5.92 Å². The topological polar surface area (TPSA) is 49.8 Å². The number of aliphatic hydroxyl groups is 1. The Balaban J connectivity index is 1.98. The molecule has 0 bridgehead atoms. The standard InChI is InChI=1S/C13H23NO3S/c1-12(2,3)17-11(16)14-6-5-13(9-14)10(8-15)4-7-18-13/h10,15H,4-9H2,1-3H3/t10-,13+/m1/s1. The second-order valence-corrected chi connectivity index (χ2v) is 7.74. The minimum absolute atomic E-state index is 0.0751. The highest BCUT2D eigenvalue weighted by molar-refractivity contribution is 8.01. The summed E-state index contributed by atoms with van der Waals surface area (Å²) < 4.78 is 5.48. The van der Waals surface area contributed by atoms with E-state index in [-0.39, 0.29) is 17.4 Å². The predicted molar refractivity (Wildman–Crippen MR) is 72.8 cm³/mol. The maximum absolute atomic E-state index is 12.0. The van der Waals surface area contributed by atoms with E-state index in [4.69, 9.17) is 4.74 Å². The zero-order valence-electron chi connectivity index (χ0n) is 11.4. The number of thioether (sulfide) groups is 1. The van der Waals surface area contributed by atoms with Gasteiger partial charge in [-0.05, 0) is 45.3 Å². The first-order valence-corrected chi connectivity index (χ1v) is 7.58. The third-order valence-corrected chi connectivity index (χ3v) is 5.42. The highest BCUT2D eigenvalue weighted by atomic mass is 32.2. The van der Waals surface area contributed by atoms with Crippen LogP contribution in [0.5, 0.6) is 0 Å². The van der Waals surface area contributed by atoms with Crippen molar-refractivity contribution in [3.8, 4) is 0 Å². The Morgan fingerprint density at radius 1 is 1.56 bits per heavy atom. The lowest BCUT2D eigenvalue weighted by Crippen LogP contribution is -2.40. The maximum atomic E-state index is 12.0. The summed E-state index contributed by atoms with van der Waals surface area (Å²) in [6, 6.07) is 0. The van der Waals surface area contributed by atoms with Gasteiger partial charge < -0.3 is 14.7 Å². The van der Waals surface area contributed by atoms with Crippen molar-refractivity contribution in [2.75, 3.05) is 25.4 Å². The minimum atomic E-state index is -0.438. The third-order valence-electron chi connectivity index (χ3n) is 3.74. The van der Waals surface area contributed by atoms with Crippen molar-refractivity contribution in [1.29, 1.82) is 0 Å². The molecule has 4 nitrogen and oxygen atoms in total. The molecule has 0 aromatic rings. The van der Waals surface area contributed by atoms with Crippen molar-refractivity contribution in [3.63, 3.8) is 0 Å². The van der Waals surface area contributed by atoms with Crippen LogP contribution in [-0.4, -0.2) is 51.9 Å². The largest absolute Gasteiger partial charge is 0.444 e. The zero-order chi connectivity index (χ0) is 13.4. The first-order chi connectivity index (χ1) is 8.36.